The number of hydrogen-bond donors (Lipinski definition) is 0. The Morgan fingerprint density at radius 1 is 1.42 bits per heavy atom. The second-order valence-electron chi connectivity index (χ2n) is 5.13. The number of halogens is 1. The fraction of sp³-hybridized carbons (Fsp3) is 0.533. The van der Waals surface area contributed by atoms with E-state index in [1.54, 1.807) is 12.1 Å². The summed E-state index contributed by atoms with van der Waals surface area (Å²) in [5, 5.41) is 8.73. The minimum absolute atomic E-state index is 0.273. The number of hydrogen-bond acceptors (Lipinski definition) is 3. The maximum absolute atomic E-state index is 13.8. The van der Waals surface area contributed by atoms with Crippen LogP contribution in [-0.2, 0) is 6.54 Å². The first-order valence-electron chi connectivity index (χ1n) is 6.79. The van der Waals surface area contributed by atoms with Gasteiger partial charge in [0.05, 0.1) is 11.6 Å². The third-order valence-electron chi connectivity index (χ3n) is 3.83. The van der Waals surface area contributed by atoms with Gasteiger partial charge in [0, 0.05) is 37.8 Å². The molecule has 1 saturated heterocycles. The van der Waals surface area contributed by atoms with Crippen LogP contribution in [0.5, 0.6) is 0 Å². The van der Waals surface area contributed by atoms with Crippen LogP contribution in [-0.4, -0.2) is 42.0 Å². The van der Waals surface area contributed by atoms with Gasteiger partial charge in [0.1, 0.15) is 5.82 Å². The van der Waals surface area contributed by atoms with Crippen LogP contribution in [0.15, 0.2) is 18.2 Å². The third kappa shape index (κ3) is 3.31. The predicted molar refractivity (Wildman–Crippen MR) is 73.1 cm³/mol. The van der Waals surface area contributed by atoms with Crippen LogP contribution in [0.2, 0.25) is 0 Å². The van der Waals surface area contributed by atoms with E-state index < -0.39 is 0 Å². The lowest BCUT2D eigenvalue weighted by Crippen LogP contribution is -2.51. The molecule has 4 heteroatoms. The topological polar surface area (TPSA) is 30.3 Å². The van der Waals surface area contributed by atoms with Crippen LogP contribution in [0, 0.1) is 17.1 Å². The van der Waals surface area contributed by atoms with Gasteiger partial charge in [-0.15, -0.1) is 0 Å². The summed E-state index contributed by atoms with van der Waals surface area (Å²) in [4.78, 5) is 4.72. The molecule has 0 N–H and O–H groups in total. The largest absolute Gasteiger partial charge is 0.298 e. The van der Waals surface area contributed by atoms with Crippen molar-refractivity contribution in [3.63, 3.8) is 0 Å². The predicted octanol–water partition coefficient (Wildman–Crippen LogP) is 2.22. The summed E-state index contributed by atoms with van der Waals surface area (Å²) in [5.41, 5.74) is 1.06. The molecule has 1 aromatic rings. The Balaban J connectivity index is 2.01. The Morgan fingerprint density at radius 2 is 2.21 bits per heavy atom. The van der Waals surface area contributed by atoms with Crippen LogP contribution in [0.3, 0.4) is 0 Å². The van der Waals surface area contributed by atoms with E-state index >= 15 is 0 Å². The summed E-state index contributed by atoms with van der Waals surface area (Å²) in [6.45, 7) is 9.05. The van der Waals surface area contributed by atoms with Crippen molar-refractivity contribution >= 4 is 0 Å². The Hall–Kier alpha value is -1.44. The minimum Gasteiger partial charge on any atom is -0.298 e. The second kappa shape index (κ2) is 6.14. The van der Waals surface area contributed by atoms with Gasteiger partial charge in [0.15, 0.2) is 0 Å². The molecule has 1 aromatic carbocycles. The van der Waals surface area contributed by atoms with Crippen LogP contribution >= 0.6 is 0 Å². The zero-order valence-corrected chi connectivity index (χ0v) is 11.6. The number of benzene rings is 1. The number of nitriles is 1. The molecular formula is C15H20FN3. The first-order chi connectivity index (χ1) is 9.13. The van der Waals surface area contributed by atoms with Crippen LogP contribution in [0.1, 0.15) is 25.0 Å². The van der Waals surface area contributed by atoms with Crippen LogP contribution in [0.4, 0.5) is 4.39 Å². The molecule has 3 nitrogen and oxygen atoms in total. The molecule has 2 rings (SSSR count). The summed E-state index contributed by atoms with van der Waals surface area (Å²) < 4.78 is 13.8. The smallest absolute Gasteiger partial charge is 0.129 e. The van der Waals surface area contributed by atoms with Crippen molar-refractivity contribution in [2.75, 3.05) is 26.2 Å². The van der Waals surface area contributed by atoms with Gasteiger partial charge in [0.2, 0.25) is 0 Å². The van der Waals surface area contributed by atoms with E-state index in [9.17, 15) is 4.39 Å². The lowest BCUT2D eigenvalue weighted by Gasteiger charge is -2.39. The van der Waals surface area contributed by atoms with Crippen LogP contribution in [0.25, 0.3) is 0 Å². The molecule has 0 radical (unpaired) electrons. The van der Waals surface area contributed by atoms with Crippen molar-refractivity contribution in [2.24, 2.45) is 0 Å². The van der Waals surface area contributed by atoms with E-state index in [1.807, 2.05) is 6.07 Å². The van der Waals surface area contributed by atoms with E-state index in [0.717, 1.165) is 26.2 Å². The summed E-state index contributed by atoms with van der Waals surface area (Å²) in [5.74, 6) is -0.273. The van der Waals surface area contributed by atoms with Gasteiger partial charge in [-0.25, -0.2) is 4.39 Å². The molecule has 0 spiro atoms. The molecule has 19 heavy (non-hydrogen) atoms. The fourth-order valence-electron chi connectivity index (χ4n) is 2.67. The molecule has 0 bridgehead atoms. The van der Waals surface area contributed by atoms with E-state index in [-0.39, 0.29) is 5.82 Å². The third-order valence-corrected chi connectivity index (χ3v) is 3.83. The van der Waals surface area contributed by atoms with Crippen LogP contribution < -0.4 is 0 Å². The Kier molecular flexibility index (Phi) is 4.52. The SMILES string of the molecule is CCN1CCN(Cc2ccc(C#N)cc2F)CC1C. The van der Waals surface area contributed by atoms with Gasteiger partial charge in [0.25, 0.3) is 0 Å². The standard InChI is InChI=1S/C15H20FN3/c1-3-19-7-6-18(10-12(19)2)11-14-5-4-13(9-17)8-15(14)16/h4-5,8,12H,3,6-7,10-11H2,1-2H3. The highest BCUT2D eigenvalue weighted by molar-refractivity contribution is 5.32. The molecule has 1 heterocycles. The van der Waals surface area contributed by atoms with Gasteiger partial charge in [-0.05, 0) is 25.6 Å². The summed E-state index contributed by atoms with van der Waals surface area (Å²) in [7, 11) is 0. The van der Waals surface area contributed by atoms with Crippen molar-refractivity contribution in [3.8, 4) is 6.07 Å². The van der Waals surface area contributed by atoms with E-state index in [4.69, 9.17) is 5.26 Å². The number of piperazine rings is 1. The molecule has 1 fully saturated rings. The van der Waals surface area contributed by atoms with Crippen molar-refractivity contribution in [3.05, 3.63) is 35.1 Å². The molecule has 1 unspecified atom stereocenters. The monoisotopic (exact) mass is 261 g/mol. The normalized spacial score (nSPS) is 21.3. The lowest BCUT2D eigenvalue weighted by atomic mass is 10.1. The van der Waals surface area contributed by atoms with Gasteiger partial charge < -0.3 is 0 Å². The minimum atomic E-state index is -0.273. The fourth-order valence-corrected chi connectivity index (χ4v) is 2.67. The Bertz CT molecular complexity index is 481. The molecule has 0 aliphatic carbocycles. The van der Waals surface area contributed by atoms with Gasteiger partial charge in [-0.2, -0.15) is 5.26 Å². The number of rotatable bonds is 3. The molecule has 1 atom stereocenters. The van der Waals surface area contributed by atoms with E-state index in [2.05, 4.69) is 23.6 Å². The summed E-state index contributed by atoms with van der Waals surface area (Å²) in [6, 6.07) is 7.20. The lowest BCUT2D eigenvalue weighted by molar-refractivity contribution is 0.0827. The molecule has 0 aromatic heterocycles. The highest BCUT2D eigenvalue weighted by Crippen LogP contribution is 2.16. The zero-order valence-electron chi connectivity index (χ0n) is 11.6. The van der Waals surface area contributed by atoms with Crippen molar-refractivity contribution < 1.29 is 4.39 Å². The highest BCUT2D eigenvalue weighted by atomic mass is 19.1. The molecule has 1 aliphatic rings. The first-order valence-corrected chi connectivity index (χ1v) is 6.79. The molecule has 102 valence electrons. The number of likely N-dealkylation sites (N-methyl/N-ethyl adjacent to an activating group) is 1. The molecule has 0 saturated carbocycles. The average molecular weight is 261 g/mol. The van der Waals surface area contributed by atoms with Gasteiger partial charge in [-0.1, -0.05) is 13.0 Å². The Morgan fingerprint density at radius 3 is 2.79 bits per heavy atom. The van der Waals surface area contributed by atoms with Crippen molar-refractivity contribution in [1.29, 1.82) is 5.26 Å². The van der Waals surface area contributed by atoms with E-state index in [0.29, 0.717) is 23.7 Å². The van der Waals surface area contributed by atoms with Crippen molar-refractivity contribution in [2.45, 2.75) is 26.4 Å². The molecular weight excluding hydrogens is 241 g/mol. The maximum Gasteiger partial charge on any atom is 0.129 e. The zero-order chi connectivity index (χ0) is 13.8. The molecule has 0 amide bonds. The average Bonchev–Trinajstić information content (AvgIpc) is 2.41. The van der Waals surface area contributed by atoms with Gasteiger partial charge >= 0.3 is 0 Å². The quantitative estimate of drug-likeness (QED) is 0.836. The van der Waals surface area contributed by atoms with Crippen molar-refractivity contribution in [1.82, 2.24) is 9.80 Å². The summed E-state index contributed by atoms with van der Waals surface area (Å²) >= 11 is 0. The number of nitrogens with zero attached hydrogens (tertiary/aromatic N) is 3. The maximum atomic E-state index is 13.8. The first kappa shape index (κ1) is 14.0. The summed E-state index contributed by atoms with van der Waals surface area (Å²) in [6.07, 6.45) is 0. The van der Waals surface area contributed by atoms with Gasteiger partial charge in [-0.3, -0.25) is 9.80 Å². The second-order valence-corrected chi connectivity index (χ2v) is 5.13. The highest BCUT2D eigenvalue weighted by Gasteiger charge is 2.22. The van der Waals surface area contributed by atoms with E-state index in [1.165, 1.54) is 6.07 Å². The molecule has 1 aliphatic heterocycles. The Labute approximate surface area is 114 Å².